The van der Waals surface area contributed by atoms with E-state index in [9.17, 15) is 4.79 Å². The molecule has 0 radical (unpaired) electrons. The minimum absolute atomic E-state index is 0.0382. The van der Waals surface area contributed by atoms with Gasteiger partial charge in [0.1, 0.15) is 11.8 Å². The third kappa shape index (κ3) is 3.01. The van der Waals surface area contributed by atoms with Crippen LogP contribution in [0.1, 0.15) is 35.2 Å². The third-order valence-corrected chi connectivity index (χ3v) is 5.46. The molecule has 6 heteroatoms. The lowest BCUT2D eigenvalue weighted by molar-refractivity contribution is 0.0931. The highest BCUT2D eigenvalue weighted by Crippen LogP contribution is 2.30. The Morgan fingerprint density at radius 2 is 2.17 bits per heavy atom. The molecule has 0 aliphatic carbocycles. The molecule has 0 spiro atoms. The van der Waals surface area contributed by atoms with Gasteiger partial charge in [-0.3, -0.25) is 4.79 Å². The van der Waals surface area contributed by atoms with Crippen molar-refractivity contribution in [2.75, 3.05) is 0 Å². The SMILES string of the molecule is N#Cc1csc(Oc2ccc(C(=O)NC3CC4CCC3N4)cc2)c1. The number of fused-ring (bicyclic) bond motifs is 2. The Morgan fingerprint density at radius 1 is 1.33 bits per heavy atom. The Kier molecular flexibility index (Phi) is 3.97. The average molecular weight is 339 g/mol. The van der Waals surface area contributed by atoms with Gasteiger partial charge in [0.05, 0.1) is 5.56 Å². The molecule has 122 valence electrons. The summed E-state index contributed by atoms with van der Waals surface area (Å²) in [5.74, 6) is 0.614. The number of hydrogen-bond donors (Lipinski definition) is 2. The van der Waals surface area contributed by atoms with Gasteiger partial charge in [0.15, 0.2) is 5.06 Å². The lowest BCUT2D eigenvalue weighted by Gasteiger charge is -2.21. The van der Waals surface area contributed by atoms with Crippen LogP contribution in [0.4, 0.5) is 0 Å². The van der Waals surface area contributed by atoms with Crippen LogP contribution in [0.15, 0.2) is 35.7 Å². The lowest BCUT2D eigenvalue weighted by Crippen LogP contribution is -2.42. The first-order valence-corrected chi connectivity index (χ1v) is 8.93. The zero-order valence-electron chi connectivity index (χ0n) is 13.0. The minimum Gasteiger partial charge on any atom is -0.447 e. The molecule has 2 N–H and O–H groups in total. The number of ether oxygens (including phenoxy) is 1. The molecule has 2 aliphatic heterocycles. The zero-order chi connectivity index (χ0) is 16.5. The summed E-state index contributed by atoms with van der Waals surface area (Å²) in [6, 6.07) is 12.1. The number of nitriles is 1. The van der Waals surface area contributed by atoms with Crippen LogP contribution in [-0.2, 0) is 0 Å². The van der Waals surface area contributed by atoms with Crippen molar-refractivity contribution < 1.29 is 9.53 Å². The van der Waals surface area contributed by atoms with Crippen molar-refractivity contribution in [1.82, 2.24) is 10.6 Å². The Morgan fingerprint density at radius 3 is 2.79 bits per heavy atom. The smallest absolute Gasteiger partial charge is 0.251 e. The second-order valence-electron chi connectivity index (χ2n) is 6.26. The van der Waals surface area contributed by atoms with Gasteiger partial charge in [0.2, 0.25) is 0 Å². The fourth-order valence-corrected chi connectivity index (χ4v) is 4.16. The van der Waals surface area contributed by atoms with Gasteiger partial charge in [-0.1, -0.05) is 0 Å². The maximum absolute atomic E-state index is 12.4. The number of nitrogens with zero attached hydrogens (tertiary/aromatic N) is 1. The van der Waals surface area contributed by atoms with Crippen LogP contribution in [0.5, 0.6) is 10.8 Å². The van der Waals surface area contributed by atoms with Crippen molar-refractivity contribution >= 4 is 17.2 Å². The molecular formula is C18H17N3O2S. The Bertz CT molecular complexity index is 793. The number of nitrogens with one attached hydrogen (secondary N) is 2. The molecule has 2 fully saturated rings. The topological polar surface area (TPSA) is 74.1 Å². The van der Waals surface area contributed by atoms with E-state index in [1.165, 1.54) is 17.8 Å². The Balaban J connectivity index is 1.38. The largest absolute Gasteiger partial charge is 0.447 e. The van der Waals surface area contributed by atoms with E-state index in [1.54, 1.807) is 35.7 Å². The first-order valence-electron chi connectivity index (χ1n) is 8.05. The van der Waals surface area contributed by atoms with Crippen LogP contribution in [0.2, 0.25) is 0 Å². The third-order valence-electron chi connectivity index (χ3n) is 4.66. The Labute approximate surface area is 144 Å². The number of amides is 1. The van der Waals surface area contributed by atoms with Gasteiger partial charge in [0.25, 0.3) is 5.91 Å². The molecule has 2 aliphatic rings. The van der Waals surface area contributed by atoms with Crippen molar-refractivity contribution in [2.24, 2.45) is 0 Å². The molecule has 24 heavy (non-hydrogen) atoms. The summed E-state index contributed by atoms with van der Waals surface area (Å²) in [5, 5.41) is 17.9. The second kappa shape index (κ2) is 6.27. The predicted octanol–water partition coefficient (Wildman–Crippen LogP) is 3.03. The molecule has 3 unspecified atom stereocenters. The first-order chi connectivity index (χ1) is 11.7. The molecule has 3 heterocycles. The maximum atomic E-state index is 12.4. The van der Waals surface area contributed by atoms with Crippen LogP contribution < -0.4 is 15.4 Å². The highest BCUT2D eigenvalue weighted by atomic mass is 32.1. The molecule has 2 bridgehead atoms. The summed E-state index contributed by atoms with van der Waals surface area (Å²) in [7, 11) is 0. The summed E-state index contributed by atoms with van der Waals surface area (Å²) >= 11 is 1.38. The van der Waals surface area contributed by atoms with Crippen molar-refractivity contribution in [3.8, 4) is 16.9 Å². The zero-order valence-corrected chi connectivity index (χ0v) is 13.8. The predicted molar refractivity (Wildman–Crippen MR) is 91.4 cm³/mol. The summed E-state index contributed by atoms with van der Waals surface area (Å²) in [6.07, 6.45) is 3.39. The van der Waals surface area contributed by atoms with Crippen LogP contribution >= 0.6 is 11.3 Å². The number of carbonyl (C=O) groups excluding carboxylic acids is 1. The van der Waals surface area contributed by atoms with Gasteiger partial charge in [0, 0.05) is 35.1 Å². The van der Waals surface area contributed by atoms with E-state index < -0.39 is 0 Å². The van der Waals surface area contributed by atoms with E-state index in [-0.39, 0.29) is 11.9 Å². The molecular weight excluding hydrogens is 322 g/mol. The summed E-state index contributed by atoms with van der Waals surface area (Å²) in [5.41, 5.74) is 1.22. The molecule has 3 atom stereocenters. The maximum Gasteiger partial charge on any atom is 0.251 e. The van der Waals surface area contributed by atoms with Gasteiger partial charge >= 0.3 is 0 Å². The molecule has 2 saturated heterocycles. The normalized spacial score (nSPS) is 24.5. The summed E-state index contributed by atoms with van der Waals surface area (Å²) in [6.45, 7) is 0. The molecule has 1 amide bonds. The van der Waals surface area contributed by atoms with E-state index >= 15 is 0 Å². The fourth-order valence-electron chi connectivity index (χ4n) is 3.45. The van der Waals surface area contributed by atoms with E-state index in [1.807, 2.05) is 0 Å². The monoisotopic (exact) mass is 339 g/mol. The van der Waals surface area contributed by atoms with E-state index in [0.29, 0.717) is 34.0 Å². The van der Waals surface area contributed by atoms with E-state index in [0.717, 1.165) is 12.8 Å². The average Bonchev–Trinajstić information content (AvgIpc) is 3.32. The molecule has 4 rings (SSSR count). The van der Waals surface area contributed by atoms with Crippen LogP contribution in [0.3, 0.4) is 0 Å². The van der Waals surface area contributed by atoms with Crippen LogP contribution in [0, 0.1) is 11.3 Å². The number of rotatable bonds is 4. The van der Waals surface area contributed by atoms with Gasteiger partial charge in [-0.25, -0.2) is 0 Å². The van der Waals surface area contributed by atoms with Crippen molar-refractivity contribution in [3.63, 3.8) is 0 Å². The number of thiophene rings is 1. The highest BCUT2D eigenvalue weighted by Gasteiger charge is 2.39. The first kappa shape index (κ1) is 15.2. The minimum atomic E-state index is -0.0382. The summed E-state index contributed by atoms with van der Waals surface area (Å²) in [4.78, 5) is 12.4. The van der Waals surface area contributed by atoms with Gasteiger partial charge < -0.3 is 15.4 Å². The molecule has 1 aromatic carbocycles. The quantitative estimate of drug-likeness (QED) is 0.898. The molecule has 2 aromatic rings. The van der Waals surface area contributed by atoms with Crippen LogP contribution in [-0.4, -0.2) is 24.0 Å². The highest BCUT2D eigenvalue weighted by molar-refractivity contribution is 7.12. The lowest BCUT2D eigenvalue weighted by atomic mass is 9.95. The van der Waals surface area contributed by atoms with Gasteiger partial charge in [-0.05, 0) is 43.5 Å². The van der Waals surface area contributed by atoms with E-state index in [4.69, 9.17) is 10.00 Å². The summed E-state index contributed by atoms with van der Waals surface area (Å²) < 4.78 is 5.69. The number of carbonyl (C=O) groups is 1. The number of benzene rings is 1. The molecule has 1 aromatic heterocycles. The van der Waals surface area contributed by atoms with Crippen molar-refractivity contribution in [3.05, 3.63) is 46.8 Å². The van der Waals surface area contributed by atoms with Crippen LogP contribution in [0.25, 0.3) is 0 Å². The Hall–Kier alpha value is -2.36. The van der Waals surface area contributed by atoms with Gasteiger partial charge in [-0.15, -0.1) is 11.3 Å². The van der Waals surface area contributed by atoms with E-state index in [2.05, 4.69) is 16.7 Å². The second-order valence-corrected chi connectivity index (χ2v) is 7.13. The molecule has 0 saturated carbocycles. The fraction of sp³-hybridized carbons (Fsp3) is 0.333. The van der Waals surface area contributed by atoms with Crippen molar-refractivity contribution in [2.45, 2.75) is 37.4 Å². The van der Waals surface area contributed by atoms with Crippen molar-refractivity contribution in [1.29, 1.82) is 5.26 Å². The molecule has 5 nitrogen and oxygen atoms in total. The standard InChI is InChI=1S/C18H17N3O2S/c19-9-11-7-17(24-10-11)23-14-4-1-12(2-5-14)18(22)21-16-8-13-3-6-15(16)20-13/h1-2,4-5,7,10,13,15-16,20H,3,6,8H2,(H,21,22). The number of hydrogen-bond acceptors (Lipinski definition) is 5. The van der Waals surface area contributed by atoms with Gasteiger partial charge in [-0.2, -0.15) is 5.26 Å².